The van der Waals surface area contributed by atoms with Gasteiger partial charge in [0.1, 0.15) is 6.54 Å². The van der Waals surface area contributed by atoms with Crippen molar-refractivity contribution in [2.75, 3.05) is 17.1 Å². The highest BCUT2D eigenvalue weighted by atomic mass is 32.2. The summed E-state index contributed by atoms with van der Waals surface area (Å²) in [6.07, 6.45) is 2.74. The van der Waals surface area contributed by atoms with Crippen molar-refractivity contribution in [2.24, 2.45) is 0 Å². The molecular weight excluding hydrogens is 350 g/mol. The maximum Gasteiger partial charge on any atom is 0.241 e. The van der Waals surface area contributed by atoms with Crippen LogP contribution >= 0.6 is 0 Å². The normalized spacial score (nSPS) is 11.3. The molecule has 0 radical (unpaired) electrons. The number of pyridine rings is 1. The number of benzene rings is 2. The van der Waals surface area contributed by atoms with E-state index in [1.807, 2.05) is 36.4 Å². The summed E-state index contributed by atoms with van der Waals surface area (Å²) in [7, 11) is -3.63. The molecule has 0 spiro atoms. The van der Waals surface area contributed by atoms with Crippen LogP contribution in [-0.2, 0) is 21.4 Å². The van der Waals surface area contributed by atoms with Crippen LogP contribution in [0.15, 0.2) is 66.9 Å². The zero-order valence-corrected chi connectivity index (χ0v) is 15.1. The Hall–Kier alpha value is -2.93. The number of anilines is 1. The summed E-state index contributed by atoms with van der Waals surface area (Å²) >= 11 is 0. The number of nitrogens with one attached hydrogen (secondary N) is 1. The molecule has 0 atom stereocenters. The van der Waals surface area contributed by atoms with Crippen LogP contribution in [0.2, 0.25) is 0 Å². The van der Waals surface area contributed by atoms with E-state index in [1.54, 1.807) is 30.5 Å². The second kappa shape index (κ2) is 7.53. The average molecular weight is 369 g/mol. The first-order chi connectivity index (χ1) is 12.4. The van der Waals surface area contributed by atoms with Gasteiger partial charge in [-0.3, -0.25) is 14.1 Å². The third-order valence-electron chi connectivity index (χ3n) is 3.92. The van der Waals surface area contributed by atoms with Gasteiger partial charge in [-0.05, 0) is 23.6 Å². The van der Waals surface area contributed by atoms with Gasteiger partial charge >= 0.3 is 0 Å². The van der Waals surface area contributed by atoms with Gasteiger partial charge in [-0.2, -0.15) is 0 Å². The fourth-order valence-electron chi connectivity index (χ4n) is 2.69. The Bertz CT molecular complexity index is 1020. The Morgan fingerprint density at radius 3 is 2.50 bits per heavy atom. The van der Waals surface area contributed by atoms with Gasteiger partial charge in [0.25, 0.3) is 0 Å². The Labute approximate surface area is 152 Å². The number of sulfonamides is 1. The number of hydrogen-bond donors (Lipinski definition) is 1. The number of fused-ring (bicyclic) bond motifs is 1. The number of aromatic nitrogens is 1. The minimum atomic E-state index is -3.63. The molecule has 0 aliphatic heterocycles. The van der Waals surface area contributed by atoms with Crippen LogP contribution in [-0.4, -0.2) is 32.1 Å². The molecule has 0 saturated heterocycles. The molecule has 0 unspecified atom stereocenters. The van der Waals surface area contributed by atoms with Crippen molar-refractivity contribution < 1.29 is 13.2 Å². The Morgan fingerprint density at radius 1 is 1.04 bits per heavy atom. The van der Waals surface area contributed by atoms with Crippen LogP contribution in [0.25, 0.3) is 10.8 Å². The first-order valence-corrected chi connectivity index (χ1v) is 9.92. The number of carbonyl (C=O) groups is 1. The topological polar surface area (TPSA) is 79.4 Å². The molecule has 1 amide bonds. The summed E-state index contributed by atoms with van der Waals surface area (Å²) in [6, 6.07) is 18.3. The highest BCUT2D eigenvalue weighted by Gasteiger charge is 2.22. The van der Waals surface area contributed by atoms with Gasteiger partial charge in [-0.25, -0.2) is 8.42 Å². The van der Waals surface area contributed by atoms with E-state index in [-0.39, 0.29) is 13.1 Å². The van der Waals surface area contributed by atoms with Gasteiger partial charge in [0, 0.05) is 11.6 Å². The molecule has 0 aliphatic rings. The highest BCUT2D eigenvalue weighted by molar-refractivity contribution is 7.92. The summed E-state index contributed by atoms with van der Waals surface area (Å²) in [4.78, 5) is 16.5. The van der Waals surface area contributed by atoms with Gasteiger partial charge in [0.2, 0.25) is 15.9 Å². The smallest absolute Gasteiger partial charge is 0.241 e. The van der Waals surface area contributed by atoms with Crippen LogP contribution < -0.4 is 9.62 Å². The molecule has 3 rings (SSSR count). The van der Waals surface area contributed by atoms with Crippen molar-refractivity contribution in [1.82, 2.24) is 10.3 Å². The predicted octanol–water partition coefficient (Wildman–Crippen LogP) is 2.32. The fraction of sp³-hybridized carbons (Fsp3) is 0.158. The third-order valence-corrected chi connectivity index (χ3v) is 5.04. The quantitative estimate of drug-likeness (QED) is 0.723. The van der Waals surface area contributed by atoms with Crippen molar-refractivity contribution in [3.8, 4) is 0 Å². The van der Waals surface area contributed by atoms with E-state index < -0.39 is 15.9 Å². The maximum absolute atomic E-state index is 12.3. The molecule has 0 saturated carbocycles. The van der Waals surface area contributed by atoms with Gasteiger partial charge in [-0.1, -0.05) is 42.5 Å². The summed E-state index contributed by atoms with van der Waals surface area (Å²) in [6.45, 7) is -0.0491. The molecular formula is C19H19N3O3S. The largest absolute Gasteiger partial charge is 0.349 e. The molecule has 0 fully saturated rings. The summed E-state index contributed by atoms with van der Waals surface area (Å²) in [5.41, 5.74) is 1.19. The molecule has 3 aromatic rings. The van der Waals surface area contributed by atoms with Gasteiger partial charge in [0.15, 0.2) is 0 Å². The predicted molar refractivity (Wildman–Crippen MR) is 102 cm³/mol. The summed E-state index contributed by atoms with van der Waals surface area (Å²) in [5.74, 6) is -0.394. The molecule has 7 heteroatoms. The zero-order chi connectivity index (χ0) is 18.6. The number of hydrogen-bond acceptors (Lipinski definition) is 4. The average Bonchev–Trinajstić information content (AvgIpc) is 2.64. The molecule has 1 N–H and O–H groups in total. The number of amides is 1. The molecule has 2 aromatic carbocycles. The zero-order valence-electron chi connectivity index (χ0n) is 14.3. The van der Waals surface area contributed by atoms with Crippen LogP contribution in [0.4, 0.5) is 5.69 Å². The van der Waals surface area contributed by atoms with Crippen molar-refractivity contribution in [3.63, 3.8) is 0 Å². The molecule has 1 aromatic heterocycles. The monoisotopic (exact) mass is 369 g/mol. The molecule has 1 heterocycles. The van der Waals surface area contributed by atoms with E-state index >= 15 is 0 Å². The molecule has 26 heavy (non-hydrogen) atoms. The lowest BCUT2D eigenvalue weighted by Crippen LogP contribution is -2.40. The first-order valence-electron chi connectivity index (χ1n) is 8.07. The van der Waals surface area contributed by atoms with E-state index in [0.717, 1.165) is 21.3 Å². The Balaban J connectivity index is 1.84. The van der Waals surface area contributed by atoms with E-state index in [2.05, 4.69) is 10.3 Å². The number of rotatable bonds is 6. The van der Waals surface area contributed by atoms with Crippen LogP contribution in [0.1, 0.15) is 5.69 Å². The lowest BCUT2D eigenvalue weighted by atomic mass is 10.1. The fourth-order valence-corrected chi connectivity index (χ4v) is 3.55. The maximum atomic E-state index is 12.3. The van der Waals surface area contributed by atoms with Gasteiger partial charge < -0.3 is 5.32 Å². The van der Waals surface area contributed by atoms with E-state index in [0.29, 0.717) is 11.4 Å². The summed E-state index contributed by atoms with van der Waals surface area (Å²) in [5, 5.41) is 4.40. The second-order valence-corrected chi connectivity index (χ2v) is 7.77. The third kappa shape index (κ3) is 4.18. The first kappa shape index (κ1) is 17.9. The minimum Gasteiger partial charge on any atom is -0.349 e. The van der Waals surface area contributed by atoms with E-state index in [4.69, 9.17) is 0 Å². The SMILES string of the molecule is CS(=O)(=O)N(CC(=O)NCc1ccccn1)c1cccc2ccccc12. The number of carbonyl (C=O) groups excluding carboxylic acids is 1. The lowest BCUT2D eigenvalue weighted by Gasteiger charge is -2.23. The Morgan fingerprint density at radius 2 is 1.77 bits per heavy atom. The highest BCUT2D eigenvalue weighted by Crippen LogP contribution is 2.28. The van der Waals surface area contributed by atoms with Crippen molar-refractivity contribution in [3.05, 3.63) is 72.6 Å². The molecule has 134 valence electrons. The standard InChI is InChI=1S/C19H19N3O3S/c1-26(24,25)22(14-19(23)21-13-16-9-4-5-12-20-16)18-11-6-8-15-7-2-3-10-17(15)18/h2-12H,13-14H2,1H3,(H,21,23). The number of nitrogens with zero attached hydrogens (tertiary/aromatic N) is 2. The minimum absolute atomic E-state index is 0.243. The Kier molecular flexibility index (Phi) is 5.18. The van der Waals surface area contributed by atoms with E-state index in [1.165, 1.54) is 0 Å². The summed E-state index contributed by atoms with van der Waals surface area (Å²) < 4.78 is 25.8. The van der Waals surface area contributed by atoms with Crippen LogP contribution in [0, 0.1) is 0 Å². The van der Waals surface area contributed by atoms with Crippen molar-refractivity contribution >= 4 is 32.4 Å². The van der Waals surface area contributed by atoms with Crippen LogP contribution in [0.5, 0.6) is 0 Å². The van der Waals surface area contributed by atoms with Crippen molar-refractivity contribution in [1.29, 1.82) is 0 Å². The van der Waals surface area contributed by atoms with Crippen LogP contribution in [0.3, 0.4) is 0 Å². The van der Waals surface area contributed by atoms with Crippen molar-refractivity contribution in [2.45, 2.75) is 6.54 Å². The molecule has 0 bridgehead atoms. The lowest BCUT2D eigenvalue weighted by molar-refractivity contribution is -0.119. The van der Waals surface area contributed by atoms with Gasteiger partial charge in [-0.15, -0.1) is 0 Å². The van der Waals surface area contributed by atoms with E-state index in [9.17, 15) is 13.2 Å². The van der Waals surface area contributed by atoms with Gasteiger partial charge in [0.05, 0.1) is 24.2 Å². The molecule has 0 aliphatic carbocycles. The molecule has 6 nitrogen and oxygen atoms in total. The second-order valence-electron chi connectivity index (χ2n) is 5.87.